The Balaban J connectivity index is 1.81. The van der Waals surface area contributed by atoms with Crippen LogP contribution in [0.5, 0.6) is 11.5 Å². The molecule has 2 N–H and O–H groups in total. The number of likely N-dealkylation sites (tertiary alicyclic amines) is 1. The predicted octanol–water partition coefficient (Wildman–Crippen LogP) is 2.61. The quantitative estimate of drug-likeness (QED) is 0.825. The summed E-state index contributed by atoms with van der Waals surface area (Å²) in [5, 5.41) is 10.8. The van der Waals surface area contributed by atoms with Crippen LogP contribution in [0.1, 0.15) is 19.8 Å². The van der Waals surface area contributed by atoms with Gasteiger partial charge in [0.1, 0.15) is 23.6 Å². The molecule has 0 saturated carbocycles. The number of alkyl halides is 3. The third-order valence-electron chi connectivity index (χ3n) is 3.82. The number of rotatable bonds is 5. The van der Waals surface area contributed by atoms with Gasteiger partial charge >= 0.3 is 12.5 Å². The van der Waals surface area contributed by atoms with Gasteiger partial charge in [-0.25, -0.2) is 4.79 Å². The van der Waals surface area contributed by atoms with Crippen LogP contribution in [0, 0.1) is 0 Å². The van der Waals surface area contributed by atoms with Crippen molar-refractivity contribution in [2.45, 2.75) is 38.3 Å². The zero-order valence-corrected chi connectivity index (χ0v) is 14.0. The van der Waals surface area contributed by atoms with Crippen molar-refractivity contribution in [3.05, 3.63) is 24.3 Å². The molecule has 0 aliphatic carbocycles. The molecule has 0 aromatic heterocycles. The molecule has 1 saturated heterocycles. The minimum Gasteiger partial charge on any atom is -0.490 e. The summed E-state index contributed by atoms with van der Waals surface area (Å²) in [4.78, 5) is 24.2. The summed E-state index contributed by atoms with van der Waals surface area (Å²) in [7, 11) is 0. The molecule has 7 nitrogen and oxygen atoms in total. The Labute approximate surface area is 147 Å². The van der Waals surface area contributed by atoms with Crippen LogP contribution in [-0.2, 0) is 4.79 Å². The van der Waals surface area contributed by atoms with Crippen LogP contribution < -0.4 is 14.8 Å². The van der Waals surface area contributed by atoms with Gasteiger partial charge in [0, 0.05) is 25.9 Å². The highest BCUT2D eigenvalue weighted by Gasteiger charge is 2.31. The van der Waals surface area contributed by atoms with Crippen molar-refractivity contribution in [2.24, 2.45) is 0 Å². The first-order valence-corrected chi connectivity index (χ1v) is 7.95. The maximum atomic E-state index is 12.1. The lowest BCUT2D eigenvalue weighted by molar-refractivity contribution is -0.274. The predicted molar refractivity (Wildman–Crippen MR) is 84.0 cm³/mol. The number of hydrogen-bond acceptors (Lipinski definition) is 4. The molecule has 1 aliphatic rings. The van der Waals surface area contributed by atoms with E-state index < -0.39 is 18.5 Å². The molecule has 1 heterocycles. The van der Waals surface area contributed by atoms with Crippen LogP contribution >= 0.6 is 0 Å². The van der Waals surface area contributed by atoms with Crippen molar-refractivity contribution < 1.29 is 37.3 Å². The summed E-state index contributed by atoms with van der Waals surface area (Å²) < 4.78 is 45.9. The molecule has 144 valence electrons. The van der Waals surface area contributed by atoms with Gasteiger partial charge < -0.3 is 24.8 Å². The number of benzene rings is 1. The van der Waals surface area contributed by atoms with Gasteiger partial charge in [-0.05, 0) is 31.2 Å². The maximum Gasteiger partial charge on any atom is 0.573 e. The van der Waals surface area contributed by atoms with E-state index in [1.165, 1.54) is 31.2 Å². The van der Waals surface area contributed by atoms with E-state index in [0.717, 1.165) is 0 Å². The van der Waals surface area contributed by atoms with Crippen LogP contribution in [0.15, 0.2) is 24.3 Å². The molecular formula is C16H19F3N2O5. The van der Waals surface area contributed by atoms with E-state index in [9.17, 15) is 22.8 Å². The van der Waals surface area contributed by atoms with E-state index >= 15 is 0 Å². The molecule has 1 aromatic carbocycles. The first-order chi connectivity index (χ1) is 12.1. The van der Waals surface area contributed by atoms with Crippen molar-refractivity contribution in [3.63, 3.8) is 0 Å². The highest BCUT2D eigenvalue weighted by atomic mass is 19.4. The van der Waals surface area contributed by atoms with E-state index in [0.29, 0.717) is 31.7 Å². The molecule has 1 aliphatic heterocycles. The Morgan fingerprint density at radius 1 is 1.19 bits per heavy atom. The number of carbonyl (C=O) groups excluding carboxylic acids is 1. The van der Waals surface area contributed by atoms with Crippen molar-refractivity contribution in [3.8, 4) is 11.5 Å². The first kappa shape index (κ1) is 19.7. The van der Waals surface area contributed by atoms with E-state index in [1.807, 2.05) is 0 Å². The van der Waals surface area contributed by atoms with E-state index in [1.54, 1.807) is 4.90 Å². The summed E-state index contributed by atoms with van der Waals surface area (Å²) >= 11 is 0. The first-order valence-electron chi connectivity index (χ1n) is 7.95. The Bertz CT molecular complexity index is 628. The molecule has 1 aromatic rings. The standard InChI is InChI=1S/C16H19F3N2O5/c1-10(20-15(23)24)14(22)21-8-6-12(7-9-21)25-11-2-4-13(5-3-11)26-16(17,18)19/h2-5,10,12,20H,6-9H2,1H3,(H,23,24)/t10-/m0/s1. The fraction of sp³-hybridized carbons (Fsp3) is 0.500. The molecule has 2 rings (SSSR count). The number of carboxylic acid groups (broad SMARTS) is 1. The lowest BCUT2D eigenvalue weighted by atomic mass is 10.1. The molecule has 1 atom stereocenters. The summed E-state index contributed by atoms with van der Waals surface area (Å²) in [5.74, 6) is -0.227. The summed E-state index contributed by atoms with van der Waals surface area (Å²) in [5.41, 5.74) is 0. The van der Waals surface area contributed by atoms with Gasteiger partial charge in [0.25, 0.3) is 0 Å². The second-order valence-corrected chi connectivity index (χ2v) is 5.83. The van der Waals surface area contributed by atoms with Gasteiger partial charge in [0.2, 0.25) is 5.91 Å². The number of hydrogen-bond donors (Lipinski definition) is 2. The lowest BCUT2D eigenvalue weighted by Gasteiger charge is -2.33. The number of halogens is 3. The molecule has 26 heavy (non-hydrogen) atoms. The van der Waals surface area contributed by atoms with Crippen molar-refractivity contribution in [2.75, 3.05) is 13.1 Å². The number of piperidine rings is 1. The second kappa shape index (κ2) is 8.15. The Morgan fingerprint density at radius 3 is 2.23 bits per heavy atom. The molecule has 0 unspecified atom stereocenters. The van der Waals surface area contributed by atoms with Gasteiger partial charge in [-0.3, -0.25) is 4.79 Å². The fourth-order valence-electron chi connectivity index (χ4n) is 2.63. The molecule has 1 fully saturated rings. The van der Waals surface area contributed by atoms with E-state index in [4.69, 9.17) is 9.84 Å². The highest BCUT2D eigenvalue weighted by Crippen LogP contribution is 2.26. The van der Waals surface area contributed by atoms with Crippen molar-refractivity contribution in [1.29, 1.82) is 0 Å². The SMILES string of the molecule is C[C@H](NC(=O)O)C(=O)N1CCC(Oc2ccc(OC(F)(F)F)cc2)CC1. The minimum atomic E-state index is -4.74. The zero-order chi connectivity index (χ0) is 19.3. The number of ether oxygens (including phenoxy) is 2. The van der Waals surface area contributed by atoms with Crippen LogP contribution in [0.2, 0.25) is 0 Å². The Morgan fingerprint density at radius 2 is 1.73 bits per heavy atom. The lowest BCUT2D eigenvalue weighted by Crippen LogP contribution is -2.50. The van der Waals surface area contributed by atoms with E-state index in [-0.39, 0.29) is 17.8 Å². The minimum absolute atomic E-state index is 0.184. The van der Waals surface area contributed by atoms with Crippen LogP contribution in [-0.4, -0.2) is 53.6 Å². The van der Waals surface area contributed by atoms with Crippen molar-refractivity contribution >= 4 is 12.0 Å². The molecule has 10 heteroatoms. The Kier molecular flexibility index (Phi) is 6.17. The van der Waals surface area contributed by atoms with Crippen LogP contribution in [0.25, 0.3) is 0 Å². The molecule has 0 bridgehead atoms. The molecule has 0 radical (unpaired) electrons. The van der Waals surface area contributed by atoms with Crippen LogP contribution in [0.4, 0.5) is 18.0 Å². The summed E-state index contributed by atoms with van der Waals surface area (Å²) in [6.45, 7) is 2.29. The van der Waals surface area contributed by atoms with Gasteiger partial charge in [-0.2, -0.15) is 0 Å². The normalized spacial score (nSPS) is 16.7. The van der Waals surface area contributed by atoms with Crippen LogP contribution in [0.3, 0.4) is 0 Å². The molecule has 0 spiro atoms. The van der Waals surface area contributed by atoms with E-state index in [2.05, 4.69) is 10.1 Å². The fourth-order valence-corrected chi connectivity index (χ4v) is 2.63. The average Bonchev–Trinajstić information content (AvgIpc) is 2.55. The smallest absolute Gasteiger partial charge is 0.490 e. The maximum absolute atomic E-state index is 12.1. The molecule has 2 amide bonds. The highest BCUT2D eigenvalue weighted by molar-refractivity contribution is 5.84. The number of nitrogens with one attached hydrogen (secondary N) is 1. The molecular weight excluding hydrogens is 357 g/mol. The van der Waals surface area contributed by atoms with Gasteiger partial charge in [-0.15, -0.1) is 13.2 Å². The van der Waals surface area contributed by atoms with Gasteiger partial charge in [0.05, 0.1) is 0 Å². The third-order valence-corrected chi connectivity index (χ3v) is 3.82. The largest absolute Gasteiger partial charge is 0.573 e. The number of nitrogens with zero attached hydrogens (tertiary/aromatic N) is 1. The summed E-state index contributed by atoms with van der Waals surface area (Å²) in [6.07, 6.45) is -5.12. The third kappa shape index (κ3) is 6.01. The van der Waals surface area contributed by atoms with Crippen molar-refractivity contribution in [1.82, 2.24) is 10.2 Å². The Hall–Kier alpha value is -2.65. The zero-order valence-electron chi connectivity index (χ0n) is 14.0. The van der Waals surface area contributed by atoms with Gasteiger partial charge in [0.15, 0.2) is 0 Å². The van der Waals surface area contributed by atoms with Gasteiger partial charge in [-0.1, -0.05) is 0 Å². The summed E-state index contributed by atoms with van der Waals surface area (Å²) in [6, 6.07) is 4.28. The average molecular weight is 376 g/mol. The topological polar surface area (TPSA) is 88.1 Å². The number of carbonyl (C=O) groups is 2. The monoisotopic (exact) mass is 376 g/mol. The number of amides is 2. The second-order valence-electron chi connectivity index (χ2n) is 5.83.